The number of fused-ring (bicyclic) bond motifs is 1. The first-order chi connectivity index (χ1) is 8.25. The van der Waals surface area contributed by atoms with Crippen LogP contribution in [0.25, 0.3) is 22.4 Å². The van der Waals surface area contributed by atoms with Crippen molar-refractivity contribution in [2.24, 2.45) is 0 Å². The summed E-state index contributed by atoms with van der Waals surface area (Å²) in [6, 6.07) is 5.76. The third kappa shape index (κ3) is 1.83. The molecule has 0 aliphatic rings. The highest BCUT2D eigenvalue weighted by Gasteiger charge is 2.12. The Kier molecular flexibility index (Phi) is 2.61. The Morgan fingerprint density at radius 3 is 2.88 bits per heavy atom. The molecule has 0 spiro atoms. The normalized spacial score (nSPS) is 10.9. The molecule has 0 saturated carbocycles. The molecular formula is C12H6BrClN2O. The molecule has 84 valence electrons. The fourth-order valence-electron chi connectivity index (χ4n) is 1.64. The van der Waals surface area contributed by atoms with Crippen LogP contribution in [0.15, 0.2) is 45.7 Å². The van der Waals surface area contributed by atoms with Crippen molar-refractivity contribution in [3.63, 3.8) is 0 Å². The van der Waals surface area contributed by atoms with E-state index in [-0.39, 0.29) is 0 Å². The maximum absolute atomic E-state index is 6.34. The summed E-state index contributed by atoms with van der Waals surface area (Å²) >= 11 is 9.76. The summed E-state index contributed by atoms with van der Waals surface area (Å²) < 4.78 is 6.19. The zero-order chi connectivity index (χ0) is 11.8. The minimum absolute atomic E-state index is 0.476. The molecule has 5 heteroatoms. The number of oxazole rings is 1. The molecule has 0 unspecified atom stereocenters. The third-order valence-corrected chi connectivity index (χ3v) is 3.33. The van der Waals surface area contributed by atoms with Gasteiger partial charge < -0.3 is 4.42 Å². The maximum Gasteiger partial charge on any atom is 0.228 e. The van der Waals surface area contributed by atoms with Crippen molar-refractivity contribution in [2.75, 3.05) is 0 Å². The summed E-state index contributed by atoms with van der Waals surface area (Å²) in [5, 5.41) is 1.47. The first-order valence-electron chi connectivity index (χ1n) is 4.89. The van der Waals surface area contributed by atoms with E-state index in [9.17, 15) is 0 Å². The Balaban J connectivity index is 2.32. The molecule has 0 fully saturated rings. The van der Waals surface area contributed by atoms with Gasteiger partial charge in [0.15, 0.2) is 0 Å². The van der Waals surface area contributed by atoms with Crippen LogP contribution in [0.4, 0.5) is 0 Å². The highest BCUT2D eigenvalue weighted by molar-refractivity contribution is 9.10. The fourth-order valence-corrected chi connectivity index (χ4v) is 2.28. The van der Waals surface area contributed by atoms with Gasteiger partial charge in [-0.3, -0.25) is 4.98 Å². The Labute approximate surface area is 111 Å². The van der Waals surface area contributed by atoms with Crippen molar-refractivity contribution in [3.05, 3.63) is 46.4 Å². The molecular weight excluding hydrogens is 304 g/mol. The lowest BCUT2D eigenvalue weighted by molar-refractivity contribution is 0.574. The van der Waals surface area contributed by atoms with E-state index >= 15 is 0 Å². The van der Waals surface area contributed by atoms with Gasteiger partial charge in [-0.25, -0.2) is 4.98 Å². The molecule has 3 aromatic rings. The summed E-state index contributed by atoms with van der Waals surface area (Å²) in [6.45, 7) is 0. The van der Waals surface area contributed by atoms with E-state index in [1.807, 2.05) is 18.2 Å². The molecule has 2 aromatic heterocycles. The van der Waals surface area contributed by atoms with E-state index in [1.54, 1.807) is 12.4 Å². The van der Waals surface area contributed by atoms with Crippen molar-refractivity contribution in [3.8, 4) is 11.5 Å². The third-order valence-electron chi connectivity index (χ3n) is 2.43. The van der Waals surface area contributed by atoms with Crippen LogP contribution in [0.3, 0.4) is 0 Å². The summed E-state index contributed by atoms with van der Waals surface area (Å²) in [5.74, 6) is 0.476. The monoisotopic (exact) mass is 308 g/mol. The quantitative estimate of drug-likeness (QED) is 0.672. The van der Waals surface area contributed by atoms with Crippen LogP contribution in [-0.2, 0) is 0 Å². The largest absolute Gasteiger partial charge is 0.444 e. The van der Waals surface area contributed by atoms with Gasteiger partial charge in [-0.05, 0) is 18.2 Å². The average molecular weight is 310 g/mol. The molecule has 0 amide bonds. The Bertz CT molecular complexity index is 682. The van der Waals surface area contributed by atoms with Gasteiger partial charge >= 0.3 is 0 Å². The lowest BCUT2D eigenvalue weighted by Crippen LogP contribution is -1.86. The minimum atomic E-state index is 0.476. The van der Waals surface area contributed by atoms with Crippen LogP contribution in [-0.4, -0.2) is 9.97 Å². The van der Waals surface area contributed by atoms with Crippen LogP contribution >= 0.6 is 27.5 Å². The van der Waals surface area contributed by atoms with Gasteiger partial charge in [0, 0.05) is 16.1 Å². The Morgan fingerprint density at radius 1 is 1.24 bits per heavy atom. The van der Waals surface area contributed by atoms with Crippen molar-refractivity contribution in [1.29, 1.82) is 0 Å². The number of halogens is 2. The second kappa shape index (κ2) is 4.13. The molecule has 3 nitrogen and oxygen atoms in total. The molecule has 3 rings (SSSR count). The first kappa shape index (κ1) is 10.7. The molecule has 0 bridgehead atoms. The SMILES string of the molecule is Clc1c(-c2ncco2)cnc2ccc(Br)cc12. The average Bonchev–Trinajstić information content (AvgIpc) is 2.84. The van der Waals surface area contributed by atoms with E-state index in [0.717, 1.165) is 15.4 Å². The number of pyridine rings is 1. The number of aromatic nitrogens is 2. The van der Waals surface area contributed by atoms with Crippen LogP contribution in [0.1, 0.15) is 0 Å². The zero-order valence-electron chi connectivity index (χ0n) is 8.52. The molecule has 0 N–H and O–H groups in total. The van der Waals surface area contributed by atoms with Crippen LogP contribution < -0.4 is 0 Å². The number of hydrogen-bond donors (Lipinski definition) is 0. The van der Waals surface area contributed by atoms with E-state index in [2.05, 4.69) is 25.9 Å². The smallest absolute Gasteiger partial charge is 0.228 e. The van der Waals surface area contributed by atoms with E-state index in [0.29, 0.717) is 16.5 Å². The number of nitrogens with zero attached hydrogens (tertiary/aromatic N) is 2. The maximum atomic E-state index is 6.34. The summed E-state index contributed by atoms with van der Waals surface area (Å²) in [7, 11) is 0. The van der Waals surface area contributed by atoms with Gasteiger partial charge in [0.2, 0.25) is 5.89 Å². The lowest BCUT2D eigenvalue weighted by atomic mass is 10.1. The zero-order valence-corrected chi connectivity index (χ0v) is 10.9. The van der Waals surface area contributed by atoms with Crippen molar-refractivity contribution >= 4 is 38.4 Å². The second-order valence-corrected chi connectivity index (χ2v) is 4.78. The number of benzene rings is 1. The van der Waals surface area contributed by atoms with Crippen LogP contribution in [0, 0.1) is 0 Å². The molecule has 0 saturated heterocycles. The van der Waals surface area contributed by atoms with E-state index in [1.165, 1.54) is 6.26 Å². The molecule has 0 aliphatic heterocycles. The van der Waals surface area contributed by atoms with Crippen LogP contribution in [0.2, 0.25) is 5.02 Å². The van der Waals surface area contributed by atoms with Gasteiger partial charge in [-0.15, -0.1) is 0 Å². The van der Waals surface area contributed by atoms with Crippen molar-refractivity contribution in [2.45, 2.75) is 0 Å². The predicted octanol–water partition coefficient (Wildman–Crippen LogP) is 4.31. The van der Waals surface area contributed by atoms with Crippen molar-refractivity contribution in [1.82, 2.24) is 9.97 Å². The van der Waals surface area contributed by atoms with Gasteiger partial charge in [-0.1, -0.05) is 27.5 Å². The molecule has 17 heavy (non-hydrogen) atoms. The van der Waals surface area contributed by atoms with Crippen molar-refractivity contribution < 1.29 is 4.42 Å². The lowest BCUT2D eigenvalue weighted by Gasteiger charge is -2.04. The number of hydrogen-bond acceptors (Lipinski definition) is 3. The van der Waals surface area contributed by atoms with Gasteiger partial charge in [0.25, 0.3) is 0 Å². The molecule has 1 aromatic carbocycles. The van der Waals surface area contributed by atoms with E-state index < -0.39 is 0 Å². The second-order valence-electron chi connectivity index (χ2n) is 3.48. The standard InChI is InChI=1S/C12H6BrClN2O/c13-7-1-2-10-8(5-7)11(14)9(6-16-10)12-15-3-4-17-12/h1-6H. The first-order valence-corrected chi connectivity index (χ1v) is 6.06. The molecule has 0 aliphatic carbocycles. The predicted molar refractivity (Wildman–Crippen MR) is 70.0 cm³/mol. The Hall–Kier alpha value is -1.39. The molecule has 0 radical (unpaired) electrons. The molecule has 2 heterocycles. The van der Waals surface area contributed by atoms with Gasteiger partial charge in [0.1, 0.15) is 6.26 Å². The topological polar surface area (TPSA) is 38.9 Å². The minimum Gasteiger partial charge on any atom is -0.444 e. The van der Waals surface area contributed by atoms with Gasteiger partial charge in [0.05, 0.1) is 22.3 Å². The summed E-state index contributed by atoms with van der Waals surface area (Å²) in [6.07, 6.45) is 4.76. The van der Waals surface area contributed by atoms with Gasteiger partial charge in [-0.2, -0.15) is 0 Å². The van der Waals surface area contributed by atoms with E-state index in [4.69, 9.17) is 16.0 Å². The summed E-state index contributed by atoms with van der Waals surface area (Å²) in [5.41, 5.74) is 1.54. The molecule has 0 atom stereocenters. The van der Waals surface area contributed by atoms with Crippen LogP contribution in [0.5, 0.6) is 0 Å². The fraction of sp³-hybridized carbons (Fsp3) is 0. The number of rotatable bonds is 1. The summed E-state index contributed by atoms with van der Waals surface area (Å²) in [4.78, 5) is 8.41. The highest BCUT2D eigenvalue weighted by atomic mass is 79.9. The Morgan fingerprint density at radius 2 is 2.12 bits per heavy atom. The highest BCUT2D eigenvalue weighted by Crippen LogP contribution is 2.33.